The summed E-state index contributed by atoms with van der Waals surface area (Å²) >= 11 is 6.92. The van der Waals surface area contributed by atoms with Gasteiger partial charge >= 0.3 is 0 Å². The number of halogens is 2. The number of anilines is 1. The summed E-state index contributed by atoms with van der Waals surface area (Å²) in [7, 11) is 0. The molecule has 0 bridgehead atoms. The van der Waals surface area contributed by atoms with Crippen LogP contribution in [0.1, 0.15) is 10.4 Å². The standard InChI is InChI=1S/C18H13Br2N3O3/c19-13-8-14(20)17(16-12(13)2-1-7-22-16)26-9-15(24)23-11-5-3-10(4-6-11)18(21)25/h1-8H,9H2,(H2,21,25)(H,23,24). The van der Waals surface area contributed by atoms with Gasteiger partial charge in [0, 0.05) is 27.3 Å². The van der Waals surface area contributed by atoms with E-state index in [4.69, 9.17) is 10.5 Å². The molecule has 0 aliphatic rings. The number of aromatic nitrogens is 1. The number of carbonyl (C=O) groups is 2. The number of rotatable bonds is 5. The molecule has 3 N–H and O–H groups in total. The number of benzene rings is 2. The first-order valence-electron chi connectivity index (χ1n) is 7.51. The van der Waals surface area contributed by atoms with Crippen LogP contribution in [-0.2, 0) is 4.79 Å². The van der Waals surface area contributed by atoms with Gasteiger partial charge < -0.3 is 15.8 Å². The Hall–Kier alpha value is -2.45. The molecule has 0 spiro atoms. The number of nitrogens with two attached hydrogens (primary N) is 1. The highest BCUT2D eigenvalue weighted by molar-refractivity contribution is 9.11. The van der Waals surface area contributed by atoms with Crippen molar-refractivity contribution >= 4 is 60.3 Å². The highest BCUT2D eigenvalue weighted by Crippen LogP contribution is 2.37. The summed E-state index contributed by atoms with van der Waals surface area (Å²) in [6.45, 7) is -0.191. The summed E-state index contributed by atoms with van der Waals surface area (Å²) in [6.07, 6.45) is 1.66. The van der Waals surface area contributed by atoms with Crippen molar-refractivity contribution in [2.75, 3.05) is 11.9 Å². The number of nitrogens with zero attached hydrogens (tertiary/aromatic N) is 1. The number of primary amides is 1. The first-order valence-corrected chi connectivity index (χ1v) is 9.09. The number of carbonyl (C=O) groups excluding carboxylic acids is 2. The zero-order valence-corrected chi connectivity index (χ0v) is 16.5. The molecule has 8 heteroatoms. The van der Waals surface area contributed by atoms with Crippen LogP contribution in [0.2, 0.25) is 0 Å². The van der Waals surface area contributed by atoms with Gasteiger partial charge in [0.2, 0.25) is 5.91 Å². The first kappa shape index (κ1) is 18.3. The zero-order chi connectivity index (χ0) is 18.7. The Morgan fingerprint density at radius 1 is 1.12 bits per heavy atom. The minimum absolute atomic E-state index is 0.191. The molecule has 0 unspecified atom stereocenters. The maximum Gasteiger partial charge on any atom is 0.262 e. The number of fused-ring (bicyclic) bond motifs is 1. The van der Waals surface area contributed by atoms with Crippen LogP contribution in [0.5, 0.6) is 5.75 Å². The van der Waals surface area contributed by atoms with Gasteiger partial charge in [0.05, 0.1) is 4.47 Å². The SMILES string of the molecule is NC(=O)c1ccc(NC(=O)COc2c(Br)cc(Br)c3cccnc23)cc1. The van der Waals surface area contributed by atoms with Gasteiger partial charge in [-0.25, -0.2) is 0 Å². The van der Waals surface area contributed by atoms with E-state index in [1.807, 2.05) is 18.2 Å². The molecule has 0 saturated heterocycles. The minimum atomic E-state index is -0.523. The molecule has 1 aromatic heterocycles. The second-order valence-corrected chi connectivity index (χ2v) is 7.06. The third kappa shape index (κ3) is 4.03. The van der Waals surface area contributed by atoms with Crippen molar-refractivity contribution in [3.63, 3.8) is 0 Å². The van der Waals surface area contributed by atoms with E-state index in [1.165, 1.54) is 0 Å². The Balaban J connectivity index is 1.72. The largest absolute Gasteiger partial charge is 0.480 e. The molecule has 132 valence electrons. The van der Waals surface area contributed by atoms with E-state index < -0.39 is 5.91 Å². The summed E-state index contributed by atoms with van der Waals surface area (Å²) < 4.78 is 7.25. The topological polar surface area (TPSA) is 94.3 Å². The molecule has 0 radical (unpaired) electrons. The molecule has 0 saturated carbocycles. The minimum Gasteiger partial charge on any atom is -0.480 e. The lowest BCUT2D eigenvalue weighted by Gasteiger charge is -2.12. The van der Waals surface area contributed by atoms with Gasteiger partial charge in [0.25, 0.3) is 5.91 Å². The average Bonchev–Trinajstić information content (AvgIpc) is 2.62. The third-order valence-corrected chi connectivity index (χ3v) is 4.80. The molecule has 0 fully saturated rings. The maximum absolute atomic E-state index is 12.1. The van der Waals surface area contributed by atoms with Gasteiger partial charge in [-0.05, 0) is 52.3 Å². The van der Waals surface area contributed by atoms with E-state index in [9.17, 15) is 9.59 Å². The molecule has 2 aromatic carbocycles. The zero-order valence-electron chi connectivity index (χ0n) is 13.3. The lowest BCUT2D eigenvalue weighted by Crippen LogP contribution is -2.20. The normalized spacial score (nSPS) is 10.5. The van der Waals surface area contributed by atoms with Crippen molar-refractivity contribution in [3.05, 3.63) is 63.2 Å². The van der Waals surface area contributed by atoms with Gasteiger partial charge in [0.15, 0.2) is 12.4 Å². The van der Waals surface area contributed by atoms with Crippen LogP contribution in [-0.4, -0.2) is 23.4 Å². The molecule has 0 aliphatic heterocycles. The van der Waals surface area contributed by atoms with Crippen LogP contribution in [0.3, 0.4) is 0 Å². The summed E-state index contributed by atoms with van der Waals surface area (Å²) in [4.78, 5) is 27.5. The monoisotopic (exact) mass is 477 g/mol. The Labute approximate surface area is 166 Å². The Morgan fingerprint density at radius 2 is 1.85 bits per heavy atom. The van der Waals surface area contributed by atoms with Crippen LogP contribution < -0.4 is 15.8 Å². The molecular formula is C18H13Br2N3O3. The summed E-state index contributed by atoms with van der Waals surface area (Å²) in [5, 5.41) is 3.58. The third-order valence-electron chi connectivity index (χ3n) is 3.55. The number of amides is 2. The Bertz CT molecular complexity index is 991. The molecular weight excluding hydrogens is 466 g/mol. The predicted octanol–water partition coefficient (Wildman–Crippen LogP) is 3.88. The summed E-state index contributed by atoms with van der Waals surface area (Å²) in [5.41, 5.74) is 6.75. The van der Waals surface area contributed by atoms with Gasteiger partial charge in [-0.1, -0.05) is 22.0 Å². The quantitative estimate of drug-likeness (QED) is 0.581. The fraction of sp³-hybridized carbons (Fsp3) is 0.0556. The number of pyridine rings is 1. The van der Waals surface area contributed by atoms with Crippen LogP contribution in [0.15, 0.2) is 57.6 Å². The maximum atomic E-state index is 12.1. The molecule has 1 heterocycles. The van der Waals surface area contributed by atoms with Crippen LogP contribution in [0.25, 0.3) is 10.9 Å². The van der Waals surface area contributed by atoms with E-state index in [-0.39, 0.29) is 12.5 Å². The smallest absolute Gasteiger partial charge is 0.262 e. The summed E-state index contributed by atoms with van der Waals surface area (Å²) in [5.74, 6) is -0.371. The molecule has 26 heavy (non-hydrogen) atoms. The summed E-state index contributed by atoms with van der Waals surface area (Å²) in [6, 6.07) is 11.9. The highest BCUT2D eigenvalue weighted by atomic mass is 79.9. The molecule has 6 nitrogen and oxygen atoms in total. The first-order chi connectivity index (χ1) is 12.5. The van der Waals surface area contributed by atoms with Crippen molar-refractivity contribution in [2.45, 2.75) is 0 Å². The molecule has 0 aliphatic carbocycles. The van der Waals surface area contributed by atoms with Crippen LogP contribution in [0, 0.1) is 0 Å². The lowest BCUT2D eigenvalue weighted by molar-refractivity contribution is -0.118. The number of ether oxygens (including phenoxy) is 1. The van der Waals surface area contributed by atoms with Crippen LogP contribution >= 0.6 is 31.9 Å². The van der Waals surface area contributed by atoms with Crippen molar-refractivity contribution in [2.24, 2.45) is 5.73 Å². The fourth-order valence-electron chi connectivity index (χ4n) is 2.34. The fourth-order valence-corrected chi connectivity index (χ4v) is 3.72. The van der Waals surface area contributed by atoms with Gasteiger partial charge in [-0.15, -0.1) is 0 Å². The van der Waals surface area contributed by atoms with Crippen molar-refractivity contribution in [1.29, 1.82) is 0 Å². The van der Waals surface area contributed by atoms with E-state index >= 15 is 0 Å². The van der Waals surface area contributed by atoms with E-state index in [1.54, 1.807) is 30.5 Å². The molecule has 2 amide bonds. The van der Waals surface area contributed by atoms with Gasteiger partial charge in [-0.2, -0.15) is 0 Å². The van der Waals surface area contributed by atoms with E-state index in [0.29, 0.717) is 27.0 Å². The highest BCUT2D eigenvalue weighted by Gasteiger charge is 2.13. The Morgan fingerprint density at radius 3 is 2.54 bits per heavy atom. The van der Waals surface area contributed by atoms with Crippen molar-refractivity contribution in [1.82, 2.24) is 4.98 Å². The molecule has 3 rings (SSSR count). The predicted molar refractivity (Wildman–Crippen MR) is 106 cm³/mol. The van der Waals surface area contributed by atoms with E-state index in [2.05, 4.69) is 42.2 Å². The number of hydrogen-bond acceptors (Lipinski definition) is 4. The van der Waals surface area contributed by atoms with Crippen molar-refractivity contribution < 1.29 is 14.3 Å². The second kappa shape index (κ2) is 7.84. The van der Waals surface area contributed by atoms with Crippen LogP contribution in [0.4, 0.5) is 5.69 Å². The van der Waals surface area contributed by atoms with Crippen molar-refractivity contribution in [3.8, 4) is 5.75 Å². The molecule has 3 aromatic rings. The lowest BCUT2D eigenvalue weighted by atomic mass is 10.2. The number of nitrogens with one attached hydrogen (secondary N) is 1. The van der Waals surface area contributed by atoms with Gasteiger partial charge in [-0.3, -0.25) is 14.6 Å². The number of hydrogen-bond donors (Lipinski definition) is 2. The van der Waals surface area contributed by atoms with E-state index in [0.717, 1.165) is 9.86 Å². The van der Waals surface area contributed by atoms with Gasteiger partial charge in [0.1, 0.15) is 5.52 Å². The Kier molecular flexibility index (Phi) is 5.53. The molecule has 0 atom stereocenters. The second-order valence-electron chi connectivity index (χ2n) is 5.35. The average molecular weight is 479 g/mol.